The van der Waals surface area contributed by atoms with Crippen LogP contribution in [0.25, 0.3) is 5.69 Å². The second-order valence-electron chi connectivity index (χ2n) is 5.01. The lowest BCUT2D eigenvalue weighted by Crippen LogP contribution is -2.17. The summed E-state index contributed by atoms with van der Waals surface area (Å²) in [5.74, 6) is -0.266. The fourth-order valence-corrected chi connectivity index (χ4v) is 2.31. The van der Waals surface area contributed by atoms with Crippen molar-refractivity contribution >= 4 is 12.1 Å². The van der Waals surface area contributed by atoms with Gasteiger partial charge in [-0.15, -0.1) is 0 Å². The predicted molar refractivity (Wildman–Crippen MR) is 89.8 cm³/mol. The first-order valence-corrected chi connectivity index (χ1v) is 7.23. The van der Waals surface area contributed by atoms with E-state index in [1.54, 1.807) is 30.7 Å². The van der Waals surface area contributed by atoms with Crippen LogP contribution >= 0.6 is 0 Å². The topological polar surface area (TPSA) is 59.3 Å². The van der Waals surface area contributed by atoms with E-state index in [1.807, 2.05) is 49.4 Å². The molecule has 0 bridgehead atoms. The average Bonchev–Trinajstić information content (AvgIpc) is 2.97. The van der Waals surface area contributed by atoms with Crippen LogP contribution in [0.3, 0.4) is 0 Å². The predicted octanol–water partition coefficient (Wildman–Crippen LogP) is 2.94. The van der Waals surface area contributed by atoms with Gasteiger partial charge in [-0.2, -0.15) is 5.10 Å². The van der Waals surface area contributed by atoms with E-state index >= 15 is 0 Å². The minimum Gasteiger partial charge on any atom is -0.313 e. The molecule has 5 heteroatoms. The summed E-state index contributed by atoms with van der Waals surface area (Å²) in [5.41, 5.74) is 6.09. The van der Waals surface area contributed by atoms with E-state index in [1.165, 1.54) is 0 Å². The summed E-state index contributed by atoms with van der Waals surface area (Å²) in [4.78, 5) is 15.8. The molecular weight excluding hydrogens is 288 g/mol. The van der Waals surface area contributed by atoms with Crippen molar-refractivity contribution in [3.8, 4) is 5.69 Å². The molecule has 2 heterocycles. The number of para-hydroxylation sites is 1. The lowest BCUT2D eigenvalue weighted by atomic mass is 10.3. The van der Waals surface area contributed by atoms with Gasteiger partial charge < -0.3 is 4.57 Å². The number of amides is 1. The van der Waals surface area contributed by atoms with Gasteiger partial charge in [0, 0.05) is 29.3 Å². The minimum absolute atomic E-state index is 0.266. The van der Waals surface area contributed by atoms with Crippen LogP contribution in [0, 0.1) is 6.92 Å². The Bertz CT molecular complexity index is 823. The number of carbonyl (C=O) groups excluding carboxylic acids is 1. The van der Waals surface area contributed by atoms with Crippen LogP contribution in [0.5, 0.6) is 0 Å². The van der Waals surface area contributed by atoms with Crippen molar-refractivity contribution in [2.24, 2.45) is 5.10 Å². The van der Waals surface area contributed by atoms with Gasteiger partial charge in [-0.25, -0.2) is 5.43 Å². The zero-order valence-corrected chi connectivity index (χ0v) is 12.7. The van der Waals surface area contributed by atoms with E-state index in [9.17, 15) is 4.79 Å². The number of aryl methyl sites for hydroxylation is 1. The highest BCUT2D eigenvalue weighted by molar-refractivity contribution is 5.94. The van der Waals surface area contributed by atoms with Crippen LogP contribution in [0.2, 0.25) is 0 Å². The minimum atomic E-state index is -0.266. The SMILES string of the molecule is Cc1ccc(/C=N/NC(=O)c2ccncc2)n1-c1ccccc1. The van der Waals surface area contributed by atoms with Gasteiger partial charge >= 0.3 is 0 Å². The molecule has 0 aliphatic carbocycles. The summed E-state index contributed by atoms with van der Waals surface area (Å²) in [5, 5.41) is 4.05. The van der Waals surface area contributed by atoms with Crippen LogP contribution in [0.1, 0.15) is 21.7 Å². The van der Waals surface area contributed by atoms with Gasteiger partial charge in [0.15, 0.2) is 0 Å². The average molecular weight is 304 g/mol. The van der Waals surface area contributed by atoms with E-state index in [2.05, 4.69) is 20.1 Å². The first kappa shape index (κ1) is 14.7. The Morgan fingerprint density at radius 3 is 2.57 bits per heavy atom. The Morgan fingerprint density at radius 2 is 1.83 bits per heavy atom. The van der Waals surface area contributed by atoms with Gasteiger partial charge in [-0.1, -0.05) is 18.2 Å². The van der Waals surface area contributed by atoms with Gasteiger partial charge in [0.05, 0.1) is 11.9 Å². The zero-order valence-electron chi connectivity index (χ0n) is 12.7. The maximum absolute atomic E-state index is 11.9. The fourth-order valence-electron chi connectivity index (χ4n) is 2.31. The highest BCUT2D eigenvalue weighted by atomic mass is 16.2. The monoisotopic (exact) mass is 304 g/mol. The highest BCUT2D eigenvalue weighted by Crippen LogP contribution is 2.15. The van der Waals surface area contributed by atoms with Crippen molar-refractivity contribution in [3.63, 3.8) is 0 Å². The van der Waals surface area contributed by atoms with Crippen LogP contribution in [0.4, 0.5) is 0 Å². The molecule has 23 heavy (non-hydrogen) atoms. The Labute approximate surface area is 134 Å². The Hall–Kier alpha value is -3.21. The van der Waals surface area contributed by atoms with Crippen LogP contribution in [-0.2, 0) is 0 Å². The molecular formula is C18H16N4O. The van der Waals surface area contributed by atoms with E-state index in [4.69, 9.17) is 0 Å². The van der Waals surface area contributed by atoms with E-state index < -0.39 is 0 Å². The van der Waals surface area contributed by atoms with Crippen molar-refractivity contribution in [2.75, 3.05) is 0 Å². The number of hydrogen-bond donors (Lipinski definition) is 1. The van der Waals surface area contributed by atoms with Crippen molar-refractivity contribution in [2.45, 2.75) is 6.92 Å². The van der Waals surface area contributed by atoms with Gasteiger partial charge in [0.2, 0.25) is 0 Å². The molecule has 2 aromatic heterocycles. The lowest BCUT2D eigenvalue weighted by Gasteiger charge is -2.08. The maximum atomic E-state index is 11.9. The van der Waals surface area contributed by atoms with Gasteiger partial charge in [-0.3, -0.25) is 9.78 Å². The summed E-state index contributed by atoms with van der Waals surface area (Å²) in [6, 6.07) is 17.3. The van der Waals surface area contributed by atoms with Crippen molar-refractivity contribution < 1.29 is 4.79 Å². The van der Waals surface area contributed by atoms with E-state index in [0.717, 1.165) is 17.1 Å². The van der Waals surface area contributed by atoms with Crippen molar-refractivity contribution in [3.05, 3.63) is 83.9 Å². The number of rotatable bonds is 4. The summed E-state index contributed by atoms with van der Waals surface area (Å²) in [7, 11) is 0. The summed E-state index contributed by atoms with van der Waals surface area (Å²) in [6.45, 7) is 2.03. The van der Waals surface area contributed by atoms with Gasteiger partial charge in [0.25, 0.3) is 5.91 Å². The van der Waals surface area contributed by atoms with E-state index in [-0.39, 0.29) is 5.91 Å². The number of hydrogen-bond acceptors (Lipinski definition) is 3. The molecule has 0 atom stereocenters. The van der Waals surface area contributed by atoms with Gasteiger partial charge in [0.1, 0.15) is 0 Å². The smallest absolute Gasteiger partial charge is 0.271 e. The second-order valence-corrected chi connectivity index (χ2v) is 5.01. The molecule has 0 radical (unpaired) electrons. The molecule has 0 unspecified atom stereocenters. The molecule has 114 valence electrons. The molecule has 0 aliphatic rings. The summed E-state index contributed by atoms with van der Waals surface area (Å²) < 4.78 is 2.07. The lowest BCUT2D eigenvalue weighted by molar-refractivity contribution is 0.0955. The largest absolute Gasteiger partial charge is 0.313 e. The third kappa shape index (κ3) is 3.35. The van der Waals surface area contributed by atoms with Gasteiger partial charge in [-0.05, 0) is 43.3 Å². The molecule has 3 rings (SSSR count). The van der Waals surface area contributed by atoms with Crippen molar-refractivity contribution in [1.29, 1.82) is 0 Å². The second kappa shape index (κ2) is 6.70. The third-order valence-corrected chi connectivity index (χ3v) is 3.43. The molecule has 0 fully saturated rings. The zero-order chi connectivity index (χ0) is 16.1. The Morgan fingerprint density at radius 1 is 1.09 bits per heavy atom. The molecule has 0 saturated heterocycles. The fraction of sp³-hybridized carbons (Fsp3) is 0.0556. The van der Waals surface area contributed by atoms with E-state index in [0.29, 0.717) is 5.56 Å². The molecule has 3 aromatic rings. The van der Waals surface area contributed by atoms with Crippen molar-refractivity contribution in [1.82, 2.24) is 15.0 Å². The third-order valence-electron chi connectivity index (χ3n) is 3.43. The molecule has 1 N–H and O–H groups in total. The van der Waals surface area contributed by atoms with Crippen LogP contribution in [0.15, 0.2) is 72.1 Å². The normalized spacial score (nSPS) is 10.8. The maximum Gasteiger partial charge on any atom is 0.271 e. The number of hydrazone groups is 1. The Kier molecular flexibility index (Phi) is 4.29. The quantitative estimate of drug-likeness (QED) is 0.595. The summed E-state index contributed by atoms with van der Waals surface area (Å²) in [6.07, 6.45) is 4.78. The number of carbonyl (C=O) groups is 1. The number of aromatic nitrogens is 2. The molecule has 5 nitrogen and oxygen atoms in total. The standard InChI is InChI=1S/C18H16N4O/c1-14-7-8-17(22(14)16-5-3-2-4-6-16)13-20-21-18(23)15-9-11-19-12-10-15/h2-13H,1H3,(H,21,23)/b20-13+. The molecule has 1 aromatic carbocycles. The van der Waals surface area contributed by atoms with Crippen LogP contribution in [-0.4, -0.2) is 21.7 Å². The number of benzene rings is 1. The molecule has 1 amide bonds. The number of pyridine rings is 1. The summed E-state index contributed by atoms with van der Waals surface area (Å²) >= 11 is 0. The number of nitrogens with one attached hydrogen (secondary N) is 1. The molecule has 0 aliphatic heterocycles. The Balaban J connectivity index is 1.78. The number of nitrogens with zero attached hydrogens (tertiary/aromatic N) is 3. The highest BCUT2D eigenvalue weighted by Gasteiger charge is 2.06. The molecule has 0 saturated carbocycles. The van der Waals surface area contributed by atoms with Crippen LogP contribution < -0.4 is 5.43 Å². The molecule has 0 spiro atoms. The first-order valence-electron chi connectivity index (χ1n) is 7.23. The first-order chi connectivity index (χ1) is 11.3.